The van der Waals surface area contributed by atoms with Crippen molar-refractivity contribution < 1.29 is 22.6 Å². The summed E-state index contributed by atoms with van der Waals surface area (Å²) in [5, 5.41) is 3.16. The van der Waals surface area contributed by atoms with Gasteiger partial charge in [0.15, 0.2) is 6.61 Å². The number of alkyl halides is 3. The first-order valence-corrected chi connectivity index (χ1v) is 6.73. The van der Waals surface area contributed by atoms with Crippen molar-refractivity contribution in [3.05, 3.63) is 24.3 Å². The van der Waals surface area contributed by atoms with Crippen LogP contribution in [0.1, 0.15) is 27.2 Å². The van der Waals surface area contributed by atoms with E-state index >= 15 is 0 Å². The van der Waals surface area contributed by atoms with Crippen molar-refractivity contribution in [2.24, 2.45) is 0 Å². The molecule has 1 unspecified atom stereocenters. The van der Waals surface area contributed by atoms with Gasteiger partial charge in [0.1, 0.15) is 5.75 Å². The Morgan fingerprint density at radius 1 is 1.19 bits per heavy atom. The van der Waals surface area contributed by atoms with Crippen LogP contribution in [0, 0.1) is 0 Å². The number of methoxy groups -OCH3 is 1. The Morgan fingerprint density at radius 3 is 2.38 bits per heavy atom. The number of ether oxygens (including phenoxy) is 2. The normalized spacial score (nSPS) is 13.9. The molecule has 1 N–H and O–H groups in total. The van der Waals surface area contributed by atoms with Gasteiger partial charge in [-0.25, -0.2) is 0 Å². The Kier molecular flexibility index (Phi) is 5.89. The fourth-order valence-corrected chi connectivity index (χ4v) is 2.01. The second-order valence-corrected chi connectivity index (χ2v) is 5.61. The maximum absolute atomic E-state index is 12.2. The van der Waals surface area contributed by atoms with Crippen LogP contribution in [0.2, 0.25) is 0 Å². The maximum Gasteiger partial charge on any atom is 0.422 e. The molecule has 0 bridgehead atoms. The van der Waals surface area contributed by atoms with E-state index in [9.17, 15) is 13.2 Å². The van der Waals surface area contributed by atoms with Gasteiger partial charge in [-0.2, -0.15) is 13.2 Å². The molecule has 0 spiro atoms. The third-order valence-corrected chi connectivity index (χ3v) is 3.03. The van der Waals surface area contributed by atoms with Crippen molar-refractivity contribution in [1.29, 1.82) is 0 Å². The SMILES string of the molecule is COC(C)(C)CC(C)Nc1ccccc1OCC(F)(F)F. The molecule has 1 rings (SSSR count). The molecule has 1 aromatic carbocycles. The van der Waals surface area contributed by atoms with Crippen molar-refractivity contribution in [2.45, 2.75) is 45.0 Å². The van der Waals surface area contributed by atoms with Crippen molar-refractivity contribution in [3.63, 3.8) is 0 Å². The molecule has 0 radical (unpaired) electrons. The molecule has 1 aromatic rings. The Morgan fingerprint density at radius 2 is 1.81 bits per heavy atom. The standard InChI is InChI=1S/C15H22F3NO2/c1-11(9-14(2,3)20-4)19-12-7-5-6-8-13(12)21-10-15(16,17)18/h5-8,11,19H,9-10H2,1-4H3. The van der Waals surface area contributed by atoms with Crippen LogP contribution in [-0.4, -0.2) is 31.5 Å². The largest absolute Gasteiger partial charge is 0.482 e. The summed E-state index contributed by atoms with van der Waals surface area (Å²) in [6.07, 6.45) is -3.64. The van der Waals surface area contributed by atoms with Crippen LogP contribution < -0.4 is 10.1 Å². The minimum absolute atomic E-state index is 0.0237. The van der Waals surface area contributed by atoms with Gasteiger partial charge in [0.25, 0.3) is 0 Å². The van der Waals surface area contributed by atoms with Crippen LogP contribution in [0.5, 0.6) is 5.75 Å². The quantitative estimate of drug-likeness (QED) is 0.817. The van der Waals surface area contributed by atoms with Crippen LogP contribution in [0.25, 0.3) is 0 Å². The fraction of sp³-hybridized carbons (Fsp3) is 0.600. The lowest BCUT2D eigenvalue weighted by Crippen LogP contribution is -2.31. The number of halogens is 3. The molecule has 0 fully saturated rings. The number of nitrogens with one attached hydrogen (secondary N) is 1. The molecule has 120 valence electrons. The molecule has 0 aliphatic rings. The number of anilines is 1. The molecule has 0 aliphatic carbocycles. The second-order valence-electron chi connectivity index (χ2n) is 5.61. The number of benzene rings is 1. The second kappa shape index (κ2) is 7.02. The molecule has 21 heavy (non-hydrogen) atoms. The lowest BCUT2D eigenvalue weighted by atomic mass is 9.99. The lowest BCUT2D eigenvalue weighted by molar-refractivity contribution is -0.153. The van der Waals surface area contributed by atoms with Gasteiger partial charge in [-0.15, -0.1) is 0 Å². The van der Waals surface area contributed by atoms with Crippen LogP contribution in [0.4, 0.5) is 18.9 Å². The maximum atomic E-state index is 12.2. The van der Waals surface area contributed by atoms with Gasteiger partial charge in [-0.1, -0.05) is 12.1 Å². The van der Waals surface area contributed by atoms with E-state index in [-0.39, 0.29) is 17.4 Å². The molecule has 0 saturated heterocycles. The number of hydrogen-bond acceptors (Lipinski definition) is 3. The third-order valence-electron chi connectivity index (χ3n) is 3.03. The minimum atomic E-state index is -4.35. The predicted molar refractivity (Wildman–Crippen MR) is 76.8 cm³/mol. The molecular formula is C15H22F3NO2. The topological polar surface area (TPSA) is 30.5 Å². The first-order chi connectivity index (χ1) is 9.63. The van der Waals surface area contributed by atoms with E-state index in [4.69, 9.17) is 9.47 Å². The summed E-state index contributed by atoms with van der Waals surface area (Å²) in [6.45, 7) is 4.55. The van der Waals surface area contributed by atoms with Crippen molar-refractivity contribution in [2.75, 3.05) is 19.0 Å². The zero-order valence-corrected chi connectivity index (χ0v) is 12.8. The Bertz CT molecular complexity index is 447. The molecule has 0 aromatic heterocycles. The van der Waals surface area contributed by atoms with Crippen molar-refractivity contribution in [1.82, 2.24) is 0 Å². The molecule has 1 atom stereocenters. The highest BCUT2D eigenvalue weighted by Crippen LogP contribution is 2.28. The Labute approximate surface area is 123 Å². The zero-order chi connectivity index (χ0) is 16.1. The number of rotatable bonds is 7. The molecule has 0 aliphatic heterocycles. The zero-order valence-electron chi connectivity index (χ0n) is 12.8. The van der Waals surface area contributed by atoms with E-state index in [1.54, 1.807) is 25.3 Å². The number of para-hydroxylation sites is 2. The van der Waals surface area contributed by atoms with Crippen LogP contribution in [0.3, 0.4) is 0 Å². The van der Waals surface area contributed by atoms with Gasteiger partial charge in [0.2, 0.25) is 0 Å². The minimum Gasteiger partial charge on any atom is -0.482 e. The molecule has 3 nitrogen and oxygen atoms in total. The van der Waals surface area contributed by atoms with Gasteiger partial charge in [-0.3, -0.25) is 0 Å². The molecule has 6 heteroatoms. The van der Waals surface area contributed by atoms with Gasteiger partial charge >= 0.3 is 6.18 Å². The highest BCUT2D eigenvalue weighted by atomic mass is 19.4. The fourth-order valence-electron chi connectivity index (χ4n) is 2.01. The predicted octanol–water partition coefficient (Wildman–Crippen LogP) is 4.24. The van der Waals surface area contributed by atoms with Crippen LogP contribution >= 0.6 is 0 Å². The molecule has 0 saturated carbocycles. The van der Waals surface area contributed by atoms with E-state index in [0.717, 1.165) is 0 Å². The van der Waals surface area contributed by atoms with Gasteiger partial charge in [0, 0.05) is 13.2 Å². The van der Waals surface area contributed by atoms with Gasteiger partial charge < -0.3 is 14.8 Å². The number of hydrogen-bond donors (Lipinski definition) is 1. The average Bonchev–Trinajstić information content (AvgIpc) is 2.36. The highest BCUT2D eigenvalue weighted by molar-refractivity contribution is 5.56. The summed E-state index contributed by atoms with van der Waals surface area (Å²) < 4.78 is 46.9. The van der Waals surface area contributed by atoms with E-state index in [1.807, 2.05) is 20.8 Å². The van der Waals surface area contributed by atoms with Crippen molar-refractivity contribution in [3.8, 4) is 5.75 Å². The summed E-state index contributed by atoms with van der Waals surface area (Å²) in [7, 11) is 1.63. The van der Waals surface area contributed by atoms with Crippen LogP contribution in [-0.2, 0) is 4.74 Å². The molecule has 0 heterocycles. The van der Waals surface area contributed by atoms with Crippen LogP contribution in [0.15, 0.2) is 24.3 Å². The average molecular weight is 305 g/mol. The van der Waals surface area contributed by atoms with Gasteiger partial charge in [0.05, 0.1) is 11.3 Å². The molecular weight excluding hydrogens is 283 g/mol. The van der Waals surface area contributed by atoms with E-state index < -0.39 is 12.8 Å². The third kappa shape index (κ3) is 6.71. The highest BCUT2D eigenvalue weighted by Gasteiger charge is 2.29. The van der Waals surface area contributed by atoms with E-state index in [2.05, 4.69) is 5.32 Å². The monoisotopic (exact) mass is 305 g/mol. The Hall–Kier alpha value is -1.43. The van der Waals surface area contributed by atoms with E-state index in [1.165, 1.54) is 6.07 Å². The summed E-state index contributed by atoms with van der Waals surface area (Å²) in [5.74, 6) is 0.192. The first kappa shape index (κ1) is 17.6. The van der Waals surface area contributed by atoms with Gasteiger partial charge in [-0.05, 0) is 39.3 Å². The lowest BCUT2D eigenvalue weighted by Gasteiger charge is -2.28. The summed E-state index contributed by atoms with van der Waals surface area (Å²) >= 11 is 0. The summed E-state index contributed by atoms with van der Waals surface area (Å²) in [6, 6.07) is 6.62. The summed E-state index contributed by atoms with van der Waals surface area (Å²) in [4.78, 5) is 0. The van der Waals surface area contributed by atoms with E-state index in [0.29, 0.717) is 12.1 Å². The van der Waals surface area contributed by atoms with Crippen molar-refractivity contribution >= 4 is 5.69 Å². The smallest absolute Gasteiger partial charge is 0.422 e. The first-order valence-electron chi connectivity index (χ1n) is 6.73. The molecule has 0 amide bonds. The summed E-state index contributed by atoms with van der Waals surface area (Å²) in [5.41, 5.74) is 0.231. The Balaban J connectivity index is 2.70.